The predicted octanol–water partition coefficient (Wildman–Crippen LogP) is 3.35. The Bertz CT molecular complexity index is 613. The number of aryl methyl sites for hydroxylation is 1. The first kappa shape index (κ1) is 18.3. The molecule has 1 aromatic heterocycles. The van der Waals surface area contributed by atoms with Gasteiger partial charge in [0.1, 0.15) is 0 Å². The molecule has 0 aliphatic rings. The predicted molar refractivity (Wildman–Crippen MR) is 98.8 cm³/mol. The van der Waals surface area contributed by atoms with E-state index in [2.05, 4.69) is 17.3 Å². The Balaban J connectivity index is 1.92. The first-order chi connectivity index (χ1) is 11.1. The number of aromatic nitrogens is 2. The molecule has 0 unspecified atom stereocenters. The molecule has 0 radical (unpaired) electrons. The maximum absolute atomic E-state index is 8.74. The highest BCUT2D eigenvalue weighted by Gasteiger charge is 2.12. The summed E-state index contributed by atoms with van der Waals surface area (Å²) >= 11 is 7.82. The van der Waals surface area contributed by atoms with Crippen LogP contribution in [-0.4, -0.2) is 39.5 Å². The third-order valence-electron chi connectivity index (χ3n) is 3.68. The lowest BCUT2D eigenvalue weighted by Gasteiger charge is -2.07. The van der Waals surface area contributed by atoms with Crippen LogP contribution in [0.5, 0.6) is 0 Å². The zero-order valence-electron chi connectivity index (χ0n) is 13.7. The quantitative estimate of drug-likeness (QED) is 0.679. The Morgan fingerprint density at radius 2 is 1.96 bits per heavy atom. The minimum Gasteiger partial charge on any atom is -0.396 e. The monoisotopic (exact) mass is 353 g/mol. The Kier molecular flexibility index (Phi) is 7.43. The van der Waals surface area contributed by atoms with Gasteiger partial charge in [0.25, 0.3) is 0 Å². The van der Waals surface area contributed by atoms with Crippen molar-refractivity contribution in [2.45, 2.75) is 26.8 Å². The molecule has 0 bridgehead atoms. The van der Waals surface area contributed by atoms with Gasteiger partial charge in [-0.3, -0.25) is 0 Å². The number of halogens is 1. The van der Waals surface area contributed by atoms with Gasteiger partial charge in [-0.05, 0) is 50.3 Å². The highest BCUT2D eigenvalue weighted by Crippen LogP contribution is 2.19. The topological polar surface area (TPSA) is 50.1 Å². The molecule has 23 heavy (non-hydrogen) atoms. The van der Waals surface area contributed by atoms with Gasteiger partial charge in [0, 0.05) is 41.7 Å². The first-order valence-electron chi connectivity index (χ1n) is 7.84. The molecule has 1 heterocycles. The number of benzene rings is 1. The van der Waals surface area contributed by atoms with E-state index in [9.17, 15) is 0 Å². The second-order valence-corrected chi connectivity index (χ2v) is 7.07. The maximum Gasteiger partial charge on any atom is 0.0649 e. The molecule has 2 rings (SSSR count). The van der Waals surface area contributed by atoms with Crippen molar-refractivity contribution in [2.75, 3.05) is 24.7 Å². The lowest BCUT2D eigenvalue weighted by Crippen LogP contribution is -2.17. The number of thioether (sulfide) groups is 1. The normalized spacial score (nSPS) is 11.1. The molecule has 2 aromatic rings. The van der Waals surface area contributed by atoms with E-state index in [0.717, 1.165) is 53.1 Å². The number of aliphatic hydroxyl groups excluding tert-OH is 1. The molecule has 1 aromatic carbocycles. The number of nitrogens with zero attached hydrogens (tertiary/aromatic N) is 2. The van der Waals surface area contributed by atoms with Crippen molar-refractivity contribution in [3.63, 3.8) is 0 Å². The summed E-state index contributed by atoms with van der Waals surface area (Å²) in [5.74, 6) is 2.08. The SMILES string of the molecule is Cc1nn(-c2ccc(Cl)cc2)c(C)c1CNCCSCCCO. The highest BCUT2D eigenvalue weighted by molar-refractivity contribution is 7.99. The van der Waals surface area contributed by atoms with E-state index in [1.165, 1.54) is 5.56 Å². The summed E-state index contributed by atoms with van der Waals surface area (Å²) in [6.45, 7) is 6.21. The van der Waals surface area contributed by atoms with Crippen molar-refractivity contribution >= 4 is 23.4 Å². The van der Waals surface area contributed by atoms with Gasteiger partial charge in [-0.25, -0.2) is 4.68 Å². The van der Waals surface area contributed by atoms with Gasteiger partial charge in [0.15, 0.2) is 0 Å². The van der Waals surface area contributed by atoms with Gasteiger partial charge in [-0.15, -0.1) is 0 Å². The van der Waals surface area contributed by atoms with E-state index in [1.54, 1.807) is 0 Å². The second kappa shape index (κ2) is 9.33. The van der Waals surface area contributed by atoms with Gasteiger partial charge in [-0.2, -0.15) is 16.9 Å². The third kappa shape index (κ3) is 5.24. The van der Waals surface area contributed by atoms with Crippen molar-refractivity contribution < 1.29 is 5.11 Å². The summed E-state index contributed by atoms with van der Waals surface area (Å²) < 4.78 is 1.97. The molecule has 2 N–H and O–H groups in total. The van der Waals surface area contributed by atoms with Crippen LogP contribution in [0.25, 0.3) is 5.69 Å². The highest BCUT2D eigenvalue weighted by atomic mass is 35.5. The number of hydrogen-bond acceptors (Lipinski definition) is 4. The van der Waals surface area contributed by atoms with E-state index in [-0.39, 0.29) is 6.61 Å². The van der Waals surface area contributed by atoms with Crippen LogP contribution in [0.2, 0.25) is 5.02 Å². The Morgan fingerprint density at radius 3 is 2.65 bits per heavy atom. The fraction of sp³-hybridized carbons (Fsp3) is 0.471. The molecule has 6 heteroatoms. The Morgan fingerprint density at radius 1 is 1.22 bits per heavy atom. The number of aliphatic hydroxyl groups is 1. The van der Waals surface area contributed by atoms with Crippen molar-refractivity contribution in [3.05, 3.63) is 46.2 Å². The summed E-state index contributed by atoms with van der Waals surface area (Å²) in [5.41, 5.74) is 4.49. The van der Waals surface area contributed by atoms with Crippen molar-refractivity contribution in [1.82, 2.24) is 15.1 Å². The molecule has 0 spiro atoms. The van der Waals surface area contributed by atoms with Crippen LogP contribution in [0, 0.1) is 13.8 Å². The van der Waals surface area contributed by atoms with Gasteiger partial charge < -0.3 is 10.4 Å². The van der Waals surface area contributed by atoms with Crippen molar-refractivity contribution in [1.29, 1.82) is 0 Å². The minimum atomic E-state index is 0.280. The van der Waals surface area contributed by atoms with Crippen molar-refractivity contribution in [3.8, 4) is 5.69 Å². The molecule has 0 saturated carbocycles. The number of hydrogen-bond donors (Lipinski definition) is 2. The average Bonchev–Trinajstić information content (AvgIpc) is 2.82. The molecule has 0 atom stereocenters. The fourth-order valence-electron chi connectivity index (χ4n) is 2.39. The van der Waals surface area contributed by atoms with Crippen LogP contribution in [-0.2, 0) is 6.54 Å². The molecular formula is C17H24ClN3OS. The van der Waals surface area contributed by atoms with Gasteiger partial charge >= 0.3 is 0 Å². The summed E-state index contributed by atoms with van der Waals surface area (Å²) in [6, 6.07) is 7.73. The summed E-state index contributed by atoms with van der Waals surface area (Å²) in [7, 11) is 0. The molecule has 0 amide bonds. The van der Waals surface area contributed by atoms with Crippen molar-refractivity contribution in [2.24, 2.45) is 0 Å². The minimum absolute atomic E-state index is 0.280. The largest absolute Gasteiger partial charge is 0.396 e. The maximum atomic E-state index is 8.74. The van der Waals surface area contributed by atoms with Crippen LogP contribution in [0.1, 0.15) is 23.4 Å². The summed E-state index contributed by atoms with van der Waals surface area (Å²) in [6.07, 6.45) is 0.872. The van der Waals surface area contributed by atoms with Gasteiger partial charge in [0.2, 0.25) is 0 Å². The Hall–Kier alpha value is -1.01. The smallest absolute Gasteiger partial charge is 0.0649 e. The zero-order chi connectivity index (χ0) is 16.7. The fourth-order valence-corrected chi connectivity index (χ4v) is 3.34. The van der Waals surface area contributed by atoms with Crippen LogP contribution in [0.4, 0.5) is 0 Å². The molecule has 0 fully saturated rings. The van der Waals surface area contributed by atoms with Crippen LogP contribution in [0.3, 0.4) is 0 Å². The standard InChI is InChI=1S/C17H24ClN3OS/c1-13-17(12-19-8-11-23-10-3-9-22)14(2)21(20-13)16-6-4-15(18)5-7-16/h4-7,19,22H,3,8-12H2,1-2H3. The van der Waals surface area contributed by atoms with Gasteiger partial charge in [0.05, 0.1) is 11.4 Å². The third-order valence-corrected chi connectivity index (χ3v) is 5.01. The molecule has 0 aliphatic heterocycles. The van der Waals surface area contributed by atoms with E-state index in [1.807, 2.05) is 47.6 Å². The molecule has 0 aliphatic carbocycles. The molecule has 126 valence electrons. The first-order valence-corrected chi connectivity index (χ1v) is 9.37. The molecule has 4 nitrogen and oxygen atoms in total. The number of rotatable bonds is 9. The van der Waals surface area contributed by atoms with E-state index in [4.69, 9.17) is 16.7 Å². The van der Waals surface area contributed by atoms with Crippen LogP contribution >= 0.6 is 23.4 Å². The molecular weight excluding hydrogens is 330 g/mol. The van der Waals surface area contributed by atoms with E-state index in [0.29, 0.717) is 0 Å². The average molecular weight is 354 g/mol. The lowest BCUT2D eigenvalue weighted by molar-refractivity contribution is 0.296. The Labute approximate surface area is 147 Å². The van der Waals surface area contributed by atoms with E-state index >= 15 is 0 Å². The van der Waals surface area contributed by atoms with Gasteiger partial charge in [-0.1, -0.05) is 11.6 Å². The van der Waals surface area contributed by atoms with Crippen LogP contribution < -0.4 is 5.32 Å². The number of nitrogens with one attached hydrogen (secondary N) is 1. The summed E-state index contributed by atoms with van der Waals surface area (Å²) in [4.78, 5) is 0. The van der Waals surface area contributed by atoms with Crippen LogP contribution in [0.15, 0.2) is 24.3 Å². The molecule has 0 saturated heterocycles. The second-order valence-electron chi connectivity index (χ2n) is 5.40. The zero-order valence-corrected chi connectivity index (χ0v) is 15.3. The lowest BCUT2D eigenvalue weighted by atomic mass is 10.2. The van der Waals surface area contributed by atoms with E-state index < -0.39 is 0 Å². The summed E-state index contributed by atoms with van der Waals surface area (Å²) in [5, 5.41) is 17.6.